The van der Waals surface area contributed by atoms with Gasteiger partial charge in [0.15, 0.2) is 5.78 Å². The largest absolute Gasteiger partial charge is 0.295 e. The Bertz CT molecular complexity index is 152. The van der Waals surface area contributed by atoms with Crippen LogP contribution < -0.4 is 0 Å². The van der Waals surface area contributed by atoms with Crippen molar-refractivity contribution in [3.63, 3.8) is 0 Å². The van der Waals surface area contributed by atoms with Crippen LogP contribution in [-0.2, 0) is 4.79 Å². The molecule has 0 saturated carbocycles. The summed E-state index contributed by atoms with van der Waals surface area (Å²) < 4.78 is 0. The Kier molecular flexibility index (Phi) is 4.09. The van der Waals surface area contributed by atoms with E-state index >= 15 is 0 Å². The van der Waals surface area contributed by atoms with E-state index in [9.17, 15) is 4.79 Å². The van der Waals surface area contributed by atoms with Crippen LogP contribution in [0.2, 0.25) is 0 Å². The van der Waals surface area contributed by atoms with Gasteiger partial charge in [-0.3, -0.25) is 4.79 Å². The third-order valence-corrected chi connectivity index (χ3v) is 2.34. The van der Waals surface area contributed by atoms with E-state index in [0.717, 1.165) is 12.8 Å². The molecule has 1 heteroatoms. The molecule has 0 rings (SSSR count). The lowest BCUT2D eigenvalue weighted by atomic mass is 9.84. The van der Waals surface area contributed by atoms with Crippen LogP contribution in [0.3, 0.4) is 0 Å². The van der Waals surface area contributed by atoms with Crippen molar-refractivity contribution in [2.75, 3.05) is 0 Å². The van der Waals surface area contributed by atoms with Gasteiger partial charge < -0.3 is 0 Å². The first-order valence-electron chi connectivity index (χ1n) is 4.24. The lowest BCUT2D eigenvalue weighted by molar-refractivity contribution is -0.112. The van der Waals surface area contributed by atoms with Crippen molar-refractivity contribution in [2.45, 2.75) is 40.5 Å². The molecule has 0 amide bonds. The maximum absolute atomic E-state index is 10.6. The fourth-order valence-corrected chi connectivity index (χ4v) is 0.804. The van der Waals surface area contributed by atoms with Gasteiger partial charge in [-0.25, -0.2) is 0 Å². The number of carbonyl (C=O) groups excluding carboxylic acids is 1. The van der Waals surface area contributed by atoms with Gasteiger partial charge in [-0.15, -0.1) is 0 Å². The molecule has 0 aliphatic carbocycles. The first-order valence-corrected chi connectivity index (χ1v) is 4.24. The van der Waals surface area contributed by atoms with Gasteiger partial charge >= 0.3 is 0 Å². The second-order valence-corrected chi connectivity index (χ2v) is 3.31. The van der Waals surface area contributed by atoms with E-state index in [4.69, 9.17) is 0 Å². The highest BCUT2D eigenvalue weighted by atomic mass is 16.1. The minimum absolute atomic E-state index is 0.137. The molecule has 0 fully saturated rings. The highest BCUT2D eigenvalue weighted by Gasteiger charge is 2.14. The molecule has 0 aromatic carbocycles. The Morgan fingerprint density at radius 1 is 1.36 bits per heavy atom. The Morgan fingerprint density at radius 3 is 2.09 bits per heavy atom. The van der Waals surface area contributed by atoms with E-state index in [1.165, 1.54) is 0 Å². The predicted molar refractivity (Wildman–Crippen MR) is 48.5 cm³/mol. The van der Waals surface area contributed by atoms with Crippen molar-refractivity contribution in [1.82, 2.24) is 0 Å². The van der Waals surface area contributed by atoms with Crippen molar-refractivity contribution in [3.05, 3.63) is 12.2 Å². The molecule has 1 nitrogen and oxygen atoms in total. The fourth-order valence-electron chi connectivity index (χ4n) is 0.804. The molecule has 64 valence electrons. The summed E-state index contributed by atoms with van der Waals surface area (Å²) >= 11 is 0. The van der Waals surface area contributed by atoms with Gasteiger partial charge in [0.2, 0.25) is 0 Å². The smallest absolute Gasteiger partial charge is 0.152 e. The highest BCUT2D eigenvalue weighted by Crippen LogP contribution is 2.26. The first-order chi connectivity index (χ1) is 5.04. The zero-order valence-electron chi connectivity index (χ0n) is 7.98. The van der Waals surface area contributed by atoms with Gasteiger partial charge in [0, 0.05) is 0 Å². The average molecular weight is 154 g/mol. The van der Waals surface area contributed by atoms with Crippen LogP contribution in [0.25, 0.3) is 0 Å². The van der Waals surface area contributed by atoms with Crippen LogP contribution in [0.1, 0.15) is 40.5 Å². The second-order valence-electron chi connectivity index (χ2n) is 3.31. The summed E-state index contributed by atoms with van der Waals surface area (Å²) in [6.45, 7) is 8.05. The quantitative estimate of drug-likeness (QED) is 0.569. The Labute approximate surface area is 69.5 Å². The van der Waals surface area contributed by atoms with Crippen LogP contribution in [0.15, 0.2) is 12.2 Å². The molecule has 0 aromatic rings. The number of carbonyl (C=O) groups is 1. The molecule has 11 heavy (non-hydrogen) atoms. The summed E-state index contributed by atoms with van der Waals surface area (Å²) in [4.78, 5) is 10.6. The van der Waals surface area contributed by atoms with E-state index in [1.807, 2.05) is 6.08 Å². The minimum Gasteiger partial charge on any atom is -0.295 e. The SMILES string of the molecule is CCC(C)(/C=C/C(C)=O)CC. The molecule has 0 spiro atoms. The molecule has 0 atom stereocenters. The van der Waals surface area contributed by atoms with Crippen LogP contribution >= 0.6 is 0 Å². The minimum atomic E-state index is 0.137. The fraction of sp³-hybridized carbons (Fsp3) is 0.700. The molecule has 0 saturated heterocycles. The number of allylic oxidation sites excluding steroid dienone is 2. The first kappa shape index (κ1) is 10.4. The van der Waals surface area contributed by atoms with Crippen LogP contribution in [-0.4, -0.2) is 5.78 Å². The zero-order valence-corrected chi connectivity index (χ0v) is 7.98. The lowest BCUT2D eigenvalue weighted by Crippen LogP contribution is -2.09. The van der Waals surface area contributed by atoms with Gasteiger partial charge in [0.05, 0.1) is 0 Å². The molecule has 0 heterocycles. The van der Waals surface area contributed by atoms with Crippen molar-refractivity contribution >= 4 is 5.78 Å². The van der Waals surface area contributed by atoms with E-state index in [0.29, 0.717) is 0 Å². The summed E-state index contributed by atoms with van der Waals surface area (Å²) in [5, 5.41) is 0. The second kappa shape index (κ2) is 4.32. The standard InChI is InChI=1S/C10H18O/c1-5-10(4,6-2)8-7-9(3)11/h7-8H,5-6H2,1-4H3/b8-7+. The van der Waals surface area contributed by atoms with Crippen molar-refractivity contribution in [1.29, 1.82) is 0 Å². The van der Waals surface area contributed by atoms with Crippen LogP contribution in [0.4, 0.5) is 0 Å². The van der Waals surface area contributed by atoms with Gasteiger partial charge in [-0.2, -0.15) is 0 Å². The maximum Gasteiger partial charge on any atom is 0.152 e. The molecule has 0 aliphatic rings. The zero-order chi connectivity index (χ0) is 8.91. The average Bonchev–Trinajstić information content (AvgIpc) is 2.00. The normalized spacial score (nSPS) is 12.4. The van der Waals surface area contributed by atoms with Gasteiger partial charge in [-0.1, -0.05) is 26.8 Å². The van der Waals surface area contributed by atoms with Crippen molar-refractivity contribution in [3.8, 4) is 0 Å². The maximum atomic E-state index is 10.6. The van der Waals surface area contributed by atoms with Crippen molar-refractivity contribution < 1.29 is 4.79 Å². The number of ketones is 1. The Hall–Kier alpha value is -0.590. The highest BCUT2D eigenvalue weighted by molar-refractivity contribution is 5.87. The number of hydrogen-bond donors (Lipinski definition) is 0. The van der Waals surface area contributed by atoms with Gasteiger partial charge in [0.25, 0.3) is 0 Å². The third-order valence-electron chi connectivity index (χ3n) is 2.34. The molecule has 0 radical (unpaired) electrons. The van der Waals surface area contributed by atoms with E-state index in [-0.39, 0.29) is 11.2 Å². The molecule has 0 aliphatic heterocycles. The predicted octanol–water partition coefficient (Wildman–Crippen LogP) is 2.96. The summed E-state index contributed by atoms with van der Waals surface area (Å²) in [6.07, 6.45) is 5.88. The molecule has 0 N–H and O–H groups in total. The van der Waals surface area contributed by atoms with Gasteiger partial charge in [0.1, 0.15) is 0 Å². The molecule has 0 bridgehead atoms. The molecule has 0 aromatic heterocycles. The number of rotatable bonds is 4. The Morgan fingerprint density at radius 2 is 1.82 bits per heavy atom. The summed E-state index contributed by atoms with van der Waals surface area (Å²) in [6, 6.07) is 0. The molecular formula is C10H18O. The topological polar surface area (TPSA) is 17.1 Å². The van der Waals surface area contributed by atoms with Gasteiger partial charge in [-0.05, 0) is 31.3 Å². The van der Waals surface area contributed by atoms with Crippen LogP contribution in [0, 0.1) is 5.41 Å². The summed E-state index contributed by atoms with van der Waals surface area (Å²) in [5.74, 6) is 0.137. The molecule has 0 unspecified atom stereocenters. The van der Waals surface area contributed by atoms with E-state index in [2.05, 4.69) is 20.8 Å². The number of hydrogen-bond acceptors (Lipinski definition) is 1. The monoisotopic (exact) mass is 154 g/mol. The molecular weight excluding hydrogens is 136 g/mol. The summed E-state index contributed by atoms with van der Waals surface area (Å²) in [7, 11) is 0. The van der Waals surface area contributed by atoms with E-state index in [1.54, 1.807) is 13.0 Å². The van der Waals surface area contributed by atoms with Crippen molar-refractivity contribution in [2.24, 2.45) is 5.41 Å². The third kappa shape index (κ3) is 3.97. The summed E-state index contributed by atoms with van der Waals surface area (Å²) in [5.41, 5.74) is 0.214. The lowest BCUT2D eigenvalue weighted by Gasteiger charge is -2.21. The Balaban J connectivity index is 4.17. The van der Waals surface area contributed by atoms with Crippen LogP contribution in [0.5, 0.6) is 0 Å². The van der Waals surface area contributed by atoms with E-state index < -0.39 is 0 Å².